The summed E-state index contributed by atoms with van der Waals surface area (Å²) in [6.07, 6.45) is 5.87. The molecule has 0 radical (unpaired) electrons. The van der Waals surface area contributed by atoms with Crippen LogP contribution in [0.1, 0.15) is 49.4 Å². The van der Waals surface area contributed by atoms with E-state index < -0.39 is 0 Å². The minimum absolute atomic E-state index is 0. The highest BCUT2D eigenvalue weighted by Gasteiger charge is 2.47. The van der Waals surface area contributed by atoms with Crippen LogP contribution in [0, 0.1) is 0 Å². The second kappa shape index (κ2) is 8.04. The summed E-state index contributed by atoms with van der Waals surface area (Å²) in [6.45, 7) is 2.57. The summed E-state index contributed by atoms with van der Waals surface area (Å²) in [6, 6.07) is 8.49. The van der Waals surface area contributed by atoms with Crippen molar-refractivity contribution in [1.82, 2.24) is 0 Å². The van der Waals surface area contributed by atoms with E-state index in [1.54, 1.807) is 12.1 Å². The van der Waals surface area contributed by atoms with Gasteiger partial charge in [0.25, 0.3) is 0 Å². The first-order valence-electron chi connectivity index (χ1n) is 8.78. The van der Waals surface area contributed by atoms with Gasteiger partial charge in [-0.05, 0) is 50.5 Å². The molecule has 4 nitrogen and oxygen atoms in total. The lowest BCUT2D eigenvalue weighted by Gasteiger charge is -2.52. The van der Waals surface area contributed by atoms with Gasteiger partial charge < -0.3 is 37.9 Å². The molecule has 2 atom stereocenters. The first-order chi connectivity index (χ1) is 11.0. The molecular formula is C19H28INO3. The number of piperidine rings is 2. The SMILES string of the molecule is CCOc1ccc(C(=O)OC2CC3CCCC(C2)[N+]3(C)C)cc1.[I-]. The van der Waals surface area contributed by atoms with Gasteiger partial charge in [-0.3, -0.25) is 0 Å². The number of carbonyl (C=O) groups excluding carboxylic acids is 1. The lowest BCUT2D eigenvalue weighted by molar-refractivity contribution is -0.950. The molecule has 2 heterocycles. The lowest BCUT2D eigenvalue weighted by Crippen LogP contribution is -3.00. The minimum atomic E-state index is -0.205. The van der Waals surface area contributed by atoms with Gasteiger partial charge in [-0.25, -0.2) is 4.79 Å². The number of quaternary nitrogens is 1. The Morgan fingerprint density at radius 1 is 1.12 bits per heavy atom. The van der Waals surface area contributed by atoms with Crippen molar-refractivity contribution in [2.24, 2.45) is 0 Å². The molecule has 2 aliphatic heterocycles. The average molecular weight is 445 g/mol. The van der Waals surface area contributed by atoms with E-state index in [0.717, 1.165) is 23.1 Å². The molecule has 2 aliphatic rings. The number of esters is 1. The molecule has 0 spiro atoms. The van der Waals surface area contributed by atoms with Crippen LogP contribution in [0.3, 0.4) is 0 Å². The summed E-state index contributed by atoms with van der Waals surface area (Å²) in [5.41, 5.74) is 0.609. The number of hydrogen-bond donors (Lipinski definition) is 0. The monoisotopic (exact) mass is 445 g/mol. The van der Waals surface area contributed by atoms with Gasteiger partial charge in [-0.15, -0.1) is 0 Å². The zero-order valence-electron chi connectivity index (χ0n) is 14.8. The van der Waals surface area contributed by atoms with Crippen molar-refractivity contribution in [1.29, 1.82) is 0 Å². The maximum atomic E-state index is 12.4. The van der Waals surface area contributed by atoms with Crippen molar-refractivity contribution in [2.45, 2.75) is 57.2 Å². The van der Waals surface area contributed by atoms with E-state index in [-0.39, 0.29) is 36.0 Å². The molecule has 24 heavy (non-hydrogen) atoms. The molecule has 0 saturated carbocycles. The maximum Gasteiger partial charge on any atom is 0.338 e. The number of hydrogen-bond acceptors (Lipinski definition) is 3. The number of nitrogens with zero attached hydrogens (tertiary/aromatic N) is 1. The van der Waals surface area contributed by atoms with Crippen molar-refractivity contribution in [3.63, 3.8) is 0 Å². The van der Waals surface area contributed by atoms with Crippen molar-refractivity contribution in [3.8, 4) is 5.75 Å². The third-order valence-corrected chi connectivity index (χ3v) is 5.70. The fourth-order valence-corrected chi connectivity index (χ4v) is 4.20. The Hall–Kier alpha value is -0.820. The molecular weight excluding hydrogens is 417 g/mol. The van der Waals surface area contributed by atoms with E-state index in [1.165, 1.54) is 19.3 Å². The van der Waals surface area contributed by atoms with Gasteiger partial charge in [-0.1, -0.05) is 0 Å². The van der Waals surface area contributed by atoms with E-state index in [4.69, 9.17) is 9.47 Å². The van der Waals surface area contributed by atoms with Crippen molar-refractivity contribution in [3.05, 3.63) is 29.8 Å². The Kier molecular flexibility index (Phi) is 6.53. The van der Waals surface area contributed by atoms with E-state index >= 15 is 0 Å². The van der Waals surface area contributed by atoms with Gasteiger partial charge >= 0.3 is 5.97 Å². The largest absolute Gasteiger partial charge is 1.00 e. The predicted molar refractivity (Wildman–Crippen MR) is 89.6 cm³/mol. The quantitative estimate of drug-likeness (QED) is 0.383. The molecule has 2 bridgehead atoms. The number of benzene rings is 1. The predicted octanol–water partition coefficient (Wildman–Crippen LogP) is 0.406. The van der Waals surface area contributed by atoms with E-state index in [2.05, 4.69) is 14.1 Å². The van der Waals surface area contributed by atoms with Crippen LogP contribution in [-0.4, -0.2) is 49.3 Å². The highest BCUT2D eigenvalue weighted by molar-refractivity contribution is 5.89. The molecule has 134 valence electrons. The van der Waals surface area contributed by atoms with Crippen molar-refractivity contribution >= 4 is 5.97 Å². The molecule has 2 saturated heterocycles. The normalized spacial score (nSPS) is 27.7. The smallest absolute Gasteiger partial charge is 0.338 e. The second-order valence-electron chi connectivity index (χ2n) is 7.32. The first kappa shape index (κ1) is 19.5. The second-order valence-corrected chi connectivity index (χ2v) is 7.32. The minimum Gasteiger partial charge on any atom is -1.00 e. The average Bonchev–Trinajstić information content (AvgIpc) is 2.49. The molecule has 0 N–H and O–H groups in total. The number of carbonyl (C=O) groups is 1. The van der Waals surface area contributed by atoms with Crippen LogP contribution in [0.15, 0.2) is 24.3 Å². The Balaban J connectivity index is 0.00000208. The topological polar surface area (TPSA) is 35.5 Å². The highest BCUT2D eigenvalue weighted by atomic mass is 127. The zero-order chi connectivity index (χ0) is 16.4. The molecule has 0 aromatic heterocycles. The zero-order valence-corrected chi connectivity index (χ0v) is 17.0. The third kappa shape index (κ3) is 4.04. The number of rotatable bonds is 4. The summed E-state index contributed by atoms with van der Waals surface area (Å²) in [5, 5.41) is 0. The lowest BCUT2D eigenvalue weighted by atomic mass is 9.81. The third-order valence-electron chi connectivity index (χ3n) is 5.70. The van der Waals surface area contributed by atoms with Gasteiger partial charge in [0.1, 0.15) is 11.9 Å². The maximum absolute atomic E-state index is 12.4. The van der Waals surface area contributed by atoms with Crippen LogP contribution >= 0.6 is 0 Å². The number of halogens is 1. The number of fused-ring (bicyclic) bond motifs is 2. The Labute approximate surface area is 162 Å². The molecule has 0 aliphatic carbocycles. The van der Waals surface area contributed by atoms with Gasteiger partial charge in [0.15, 0.2) is 0 Å². The van der Waals surface area contributed by atoms with Crippen LogP contribution in [0.4, 0.5) is 0 Å². The van der Waals surface area contributed by atoms with E-state index in [1.807, 2.05) is 19.1 Å². The van der Waals surface area contributed by atoms with Crippen LogP contribution in [0.25, 0.3) is 0 Å². The van der Waals surface area contributed by atoms with E-state index in [0.29, 0.717) is 24.3 Å². The van der Waals surface area contributed by atoms with Crippen molar-refractivity contribution in [2.75, 3.05) is 20.7 Å². The Morgan fingerprint density at radius 2 is 1.71 bits per heavy atom. The summed E-state index contributed by atoms with van der Waals surface area (Å²) >= 11 is 0. The van der Waals surface area contributed by atoms with Crippen LogP contribution in [0.5, 0.6) is 5.75 Å². The summed E-state index contributed by atoms with van der Waals surface area (Å²) < 4.78 is 12.3. The van der Waals surface area contributed by atoms with Gasteiger partial charge in [0.2, 0.25) is 0 Å². The Bertz CT molecular complexity index is 542. The summed E-state index contributed by atoms with van der Waals surface area (Å²) in [7, 11) is 4.66. The van der Waals surface area contributed by atoms with Crippen molar-refractivity contribution < 1.29 is 42.7 Å². The first-order valence-corrected chi connectivity index (χ1v) is 8.78. The van der Waals surface area contributed by atoms with Crippen LogP contribution in [-0.2, 0) is 4.74 Å². The summed E-state index contributed by atoms with van der Waals surface area (Å²) in [4.78, 5) is 12.4. The molecule has 2 fully saturated rings. The fourth-order valence-electron chi connectivity index (χ4n) is 4.20. The van der Waals surface area contributed by atoms with Crippen LogP contribution < -0.4 is 28.7 Å². The van der Waals surface area contributed by atoms with E-state index in [9.17, 15) is 4.79 Å². The highest BCUT2D eigenvalue weighted by Crippen LogP contribution is 2.38. The number of ether oxygens (including phenoxy) is 2. The molecule has 1 aromatic rings. The molecule has 3 rings (SSSR count). The molecule has 0 amide bonds. The summed E-state index contributed by atoms with van der Waals surface area (Å²) in [5.74, 6) is 0.582. The molecule has 5 heteroatoms. The van der Waals surface area contributed by atoms with Gasteiger partial charge in [0.05, 0.1) is 38.3 Å². The van der Waals surface area contributed by atoms with Gasteiger partial charge in [-0.2, -0.15) is 0 Å². The Morgan fingerprint density at radius 3 is 2.25 bits per heavy atom. The standard InChI is InChI=1S/C19H28NO3.HI/c1-4-22-17-10-8-14(9-11-17)19(21)23-18-12-15-6-5-7-16(13-18)20(15,2)3;/h8-11,15-16,18H,4-7,12-13H2,1-3H3;1H/q+1;/p-1. The fraction of sp³-hybridized carbons (Fsp3) is 0.632. The van der Waals surface area contributed by atoms with Gasteiger partial charge in [0, 0.05) is 12.8 Å². The molecule has 1 aromatic carbocycles. The molecule has 2 unspecified atom stereocenters. The van der Waals surface area contributed by atoms with Crippen LogP contribution in [0.2, 0.25) is 0 Å².